The van der Waals surface area contributed by atoms with Gasteiger partial charge in [-0.2, -0.15) is 64.9 Å². The third-order valence-electron chi connectivity index (χ3n) is 13.5. The van der Waals surface area contributed by atoms with Gasteiger partial charge >= 0.3 is 0 Å². The van der Waals surface area contributed by atoms with Crippen LogP contribution in [-0.4, -0.2) is 143 Å². The Labute approximate surface area is 580 Å². The predicted octanol–water partition coefficient (Wildman–Crippen LogP) is 12.9. The Morgan fingerprint density at radius 2 is 0.918 bits per heavy atom. The number of hydrogen-bond donors (Lipinski definition) is 7. The van der Waals surface area contributed by atoms with Gasteiger partial charge < -0.3 is 44.9 Å². The normalized spacial score (nSPS) is 13.7. The minimum atomic E-state index is -0.322. The maximum atomic E-state index is 13.2. The van der Waals surface area contributed by atoms with Gasteiger partial charge in [0.2, 0.25) is 68.1 Å². The first-order chi connectivity index (χ1) is 46.7. The summed E-state index contributed by atoms with van der Waals surface area (Å²) in [4.78, 5) is 65.5. The number of hydrazone groups is 1. The molecule has 97 heavy (non-hydrogen) atoms. The second-order valence-corrected chi connectivity index (χ2v) is 21.8. The van der Waals surface area contributed by atoms with Gasteiger partial charge in [0.05, 0.1) is 32.6 Å². The van der Waals surface area contributed by atoms with Crippen molar-refractivity contribution in [3.63, 3.8) is 0 Å². The van der Waals surface area contributed by atoms with Crippen LogP contribution in [0.15, 0.2) is 139 Å². The molecule has 0 saturated carbocycles. The zero-order valence-corrected chi connectivity index (χ0v) is 54.5. The lowest BCUT2D eigenvalue weighted by atomic mass is 10.1. The van der Waals surface area contributed by atoms with E-state index in [4.69, 9.17) is 78.1 Å². The highest BCUT2D eigenvalue weighted by atomic mass is 35.5. The lowest BCUT2D eigenvalue weighted by molar-refractivity contribution is -0.103. The van der Waals surface area contributed by atoms with Gasteiger partial charge in [-0.1, -0.05) is 56.0 Å². The molecule has 0 spiro atoms. The van der Waals surface area contributed by atoms with Crippen molar-refractivity contribution in [2.75, 3.05) is 102 Å². The SMILES string of the molecule is C.C1CCOCC1.Clc1nc(Cl)nc(Cl)n1.Fc1ccc(Nc2nc(Cl)nc(Cl)n2)cc1.Fc1ccc(Nc2nc(N/N=C/c3c[nH]c4ccccc34)nc(N3CCOCC3)n2)cc1.NNc1nc(Nc2ccc(F)cc2)nc(N2CCOCC2)n1.O=CC1=CCc2ccccc21. The molecule has 0 bridgehead atoms. The number of nitrogens with one attached hydrogen (secondary N) is 6. The first-order valence-corrected chi connectivity index (χ1v) is 31.3. The van der Waals surface area contributed by atoms with E-state index in [2.05, 4.69) is 103 Å². The molecule has 0 radical (unpaired) electrons. The fraction of sp³-hybridized carbons (Fsp3) is 0.238. The number of rotatable bonds is 13. The molecule has 3 aliphatic heterocycles. The first kappa shape index (κ1) is 73.3. The molecule has 10 aromatic rings. The number of halogens is 8. The first-order valence-electron chi connectivity index (χ1n) is 29.4. The van der Waals surface area contributed by atoms with Gasteiger partial charge in [-0.05, 0) is 174 Å². The average Bonchev–Trinajstić information content (AvgIpc) is 1.76. The molecule has 3 saturated heterocycles. The highest BCUT2D eigenvalue weighted by Crippen LogP contribution is 2.26. The number of hydrogen-bond acceptors (Lipinski definition) is 25. The molecule has 0 unspecified atom stereocenters. The number of nitrogens with two attached hydrogens (primary N) is 1. The third kappa shape index (κ3) is 23.9. The number of carbonyl (C=O) groups excluding carboxylic acids is 1. The van der Waals surface area contributed by atoms with E-state index in [1.165, 1.54) is 61.2 Å². The minimum Gasteiger partial charge on any atom is -0.381 e. The molecule has 26 nitrogen and oxygen atoms in total. The van der Waals surface area contributed by atoms with Crippen molar-refractivity contribution < 1.29 is 32.2 Å². The summed E-state index contributed by atoms with van der Waals surface area (Å²) in [5.41, 5.74) is 12.5. The van der Waals surface area contributed by atoms with E-state index in [1.54, 1.807) is 42.6 Å². The Morgan fingerprint density at radius 1 is 0.495 bits per heavy atom. The van der Waals surface area contributed by atoms with Gasteiger partial charge in [-0.25, -0.2) is 24.4 Å². The largest absolute Gasteiger partial charge is 0.381 e. The highest BCUT2D eigenvalue weighted by molar-refractivity contribution is 6.33. The summed E-state index contributed by atoms with van der Waals surface area (Å²) in [6, 6.07) is 33.6. The van der Waals surface area contributed by atoms with Crippen LogP contribution in [0.4, 0.5) is 71.9 Å². The summed E-state index contributed by atoms with van der Waals surface area (Å²) in [5, 5.41) is 14.3. The van der Waals surface area contributed by atoms with Crippen LogP contribution < -0.4 is 42.4 Å². The number of morpholine rings is 2. The number of H-pyrrole nitrogens is 1. The number of aromatic nitrogens is 13. The second kappa shape index (κ2) is 38.3. The van der Waals surface area contributed by atoms with Gasteiger partial charge in [-0.3, -0.25) is 10.2 Å². The average molecular weight is 1430 g/mol. The summed E-state index contributed by atoms with van der Waals surface area (Å²) in [6.07, 6.45) is 11.3. The van der Waals surface area contributed by atoms with Gasteiger partial charge in [-0.15, -0.1) is 0 Å². The number of carbonyl (C=O) groups is 1. The highest BCUT2D eigenvalue weighted by Gasteiger charge is 2.19. The van der Waals surface area contributed by atoms with Crippen LogP contribution in [-0.2, 0) is 25.4 Å². The molecule has 506 valence electrons. The minimum absolute atomic E-state index is 0. The van der Waals surface area contributed by atoms with Crippen LogP contribution >= 0.6 is 58.0 Å². The van der Waals surface area contributed by atoms with Crippen LogP contribution in [0.25, 0.3) is 16.5 Å². The number of allylic oxidation sites excluding steroid dienone is 2. The summed E-state index contributed by atoms with van der Waals surface area (Å²) < 4.78 is 54.6. The Bertz CT molecular complexity index is 4100. The Hall–Kier alpha value is -9.56. The summed E-state index contributed by atoms with van der Waals surface area (Å²) >= 11 is 27.1. The molecular weight excluding hydrogens is 1360 g/mol. The topological polar surface area (TPSA) is 320 Å². The van der Waals surface area contributed by atoms with E-state index in [-0.39, 0.29) is 63.2 Å². The van der Waals surface area contributed by atoms with Crippen LogP contribution in [0, 0.1) is 17.5 Å². The van der Waals surface area contributed by atoms with Crippen LogP contribution in [0.3, 0.4) is 0 Å². The quantitative estimate of drug-likeness (QED) is 0.0244. The number of aromatic amines is 1. The molecule has 8 heterocycles. The molecule has 34 heteroatoms. The molecule has 1 aliphatic carbocycles. The van der Waals surface area contributed by atoms with Gasteiger partial charge in [0.25, 0.3) is 0 Å². The van der Waals surface area contributed by atoms with Crippen molar-refractivity contribution in [2.45, 2.75) is 33.1 Å². The molecule has 0 amide bonds. The molecule has 0 atom stereocenters. The summed E-state index contributed by atoms with van der Waals surface area (Å²) in [6.45, 7) is 7.21. The lowest BCUT2D eigenvalue weighted by Crippen LogP contribution is -2.37. The number of benzene rings is 5. The number of nitrogens with zero attached hydrogens (tertiary/aromatic N) is 15. The third-order valence-corrected chi connectivity index (χ3v) is 14.3. The summed E-state index contributed by atoms with van der Waals surface area (Å²) in [7, 11) is 0. The van der Waals surface area contributed by atoms with Gasteiger partial charge in [0.15, 0.2) is 0 Å². The van der Waals surface area contributed by atoms with Crippen molar-refractivity contribution in [3.8, 4) is 0 Å². The number of para-hydroxylation sites is 1. The maximum absolute atomic E-state index is 13.2. The fourth-order valence-corrected chi connectivity index (χ4v) is 9.88. The molecule has 4 aliphatic rings. The second-order valence-electron chi connectivity index (χ2n) is 20.1. The van der Waals surface area contributed by atoms with Crippen LogP contribution in [0.5, 0.6) is 0 Å². The van der Waals surface area contributed by atoms with Gasteiger partial charge in [0, 0.05) is 84.7 Å². The van der Waals surface area contributed by atoms with Crippen molar-refractivity contribution >= 4 is 146 Å². The van der Waals surface area contributed by atoms with Gasteiger partial charge in [0.1, 0.15) is 23.7 Å². The number of ether oxygens (including phenoxy) is 3. The standard InChI is InChI=1S/C22H21FN8O.C13H16FN7O.C10H8O.C9H5Cl2FN4.C5H10O.C3Cl3N3.CH4/c23-16-5-7-17(8-6-16)26-20-27-21(29-22(28-20)31-9-11-32-12-10-31)30-25-14-15-13-24-19-4-2-1-3-18(15)19;14-9-1-3-10(4-2-9)16-11-17-12(20-15)19-13(18-11)21-5-7-22-8-6-21;11-7-9-6-5-8-3-1-2-4-10(8)9;10-7-14-8(11)16-9(15-7)13-6-3-1-5(12)2-4-6;1-2-4-6-5-3-1;4-1-7-2(5)9-3(6)8-1;/h1-8,13-14,24H,9-12H2,(H2,26,27,28,29,30);1-4H,5-8,15H2,(H2,16,17,18,19,20);1-4,6-7H,5H2;1-4H,(H,13,14,15,16);1-5H2;;1H4/b25-14+;;;;;;. The summed E-state index contributed by atoms with van der Waals surface area (Å²) in [5.74, 6) is 6.90. The monoisotopic (exact) mass is 1420 g/mol. The molecule has 3 fully saturated rings. The number of nitrogen functional groups attached to an aromatic ring is 1. The molecule has 5 aromatic heterocycles. The molecule has 14 rings (SSSR count). The van der Waals surface area contributed by atoms with E-state index in [9.17, 15) is 18.0 Å². The van der Waals surface area contributed by atoms with Crippen molar-refractivity contribution in [1.82, 2.24) is 64.8 Å². The smallest absolute Gasteiger partial charge is 0.250 e. The number of hydrazine groups is 1. The van der Waals surface area contributed by atoms with Crippen LogP contribution in [0.2, 0.25) is 26.4 Å². The Balaban J connectivity index is 0.000000161. The molecule has 5 aromatic carbocycles. The van der Waals surface area contributed by atoms with Crippen molar-refractivity contribution in [2.24, 2.45) is 10.9 Å². The van der Waals surface area contributed by atoms with Crippen molar-refractivity contribution in [1.29, 1.82) is 0 Å². The Kier molecular flexibility index (Phi) is 28.9. The lowest BCUT2D eigenvalue weighted by Gasteiger charge is -2.27. The number of anilines is 10. The Morgan fingerprint density at radius 3 is 1.38 bits per heavy atom. The van der Waals surface area contributed by atoms with E-state index >= 15 is 0 Å². The zero-order valence-electron chi connectivity index (χ0n) is 50.7. The molecule has 8 N–H and O–H groups in total. The predicted molar refractivity (Wildman–Crippen MR) is 372 cm³/mol. The molecular formula is C63H64Cl5F3N22O4. The van der Waals surface area contributed by atoms with E-state index in [0.29, 0.717) is 99.4 Å². The number of aldehydes is 1. The van der Waals surface area contributed by atoms with Crippen LogP contribution in [0.1, 0.15) is 43.4 Å². The number of fused-ring (bicyclic) bond motifs is 2. The fourth-order valence-electron chi connectivity index (χ4n) is 8.91. The van der Waals surface area contributed by atoms with E-state index in [0.717, 1.165) is 53.5 Å². The van der Waals surface area contributed by atoms with Crippen molar-refractivity contribution in [3.05, 3.63) is 194 Å². The zero-order chi connectivity index (χ0) is 67.4. The van der Waals surface area contributed by atoms with E-state index < -0.39 is 0 Å². The van der Waals surface area contributed by atoms with E-state index in [1.807, 2.05) is 64.5 Å². The maximum Gasteiger partial charge on any atom is 0.250 e.